The van der Waals surface area contributed by atoms with Gasteiger partial charge in [-0.3, -0.25) is 0 Å². The van der Waals surface area contributed by atoms with Crippen molar-refractivity contribution in [3.05, 3.63) is 29.3 Å². The summed E-state index contributed by atoms with van der Waals surface area (Å²) < 4.78 is 0. The van der Waals surface area contributed by atoms with Crippen LogP contribution in [-0.2, 0) is 6.42 Å². The molecule has 88 valence electrons. The molecular weight excluding hydrogens is 288 g/mol. The third-order valence-corrected chi connectivity index (χ3v) is 3.88. The Bertz CT molecular complexity index is 366. The molecule has 0 bridgehead atoms. The first-order chi connectivity index (χ1) is 7.69. The van der Waals surface area contributed by atoms with Gasteiger partial charge in [-0.25, -0.2) is 4.79 Å². The monoisotopic (exact) mass is 302 g/mol. The number of aromatic carboxylic acids is 1. The first-order valence-electron chi connectivity index (χ1n) is 5.24. The van der Waals surface area contributed by atoms with Crippen molar-refractivity contribution in [2.45, 2.75) is 24.7 Å². The molecule has 0 unspecified atom stereocenters. The van der Waals surface area contributed by atoms with Crippen LogP contribution in [0.4, 0.5) is 0 Å². The van der Waals surface area contributed by atoms with Crippen LogP contribution in [0, 0.1) is 0 Å². The lowest BCUT2D eigenvalue weighted by Crippen LogP contribution is -2.01. The number of halogens is 1. The number of hydrogen-bond acceptors (Lipinski definition) is 2. The SMILES string of the molecule is CCc1cc(SCCCBr)ccc1C(=O)O. The standard InChI is InChI=1S/C12H15BrO2S/c1-2-9-8-10(16-7-3-6-13)4-5-11(9)12(14)15/h4-5,8H,2-3,6-7H2,1H3,(H,14,15). The van der Waals surface area contributed by atoms with E-state index >= 15 is 0 Å². The highest BCUT2D eigenvalue weighted by molar-refractivity contribution is 9.09. The number of benzene rings is 1. The molecule has 0 spiro atoms. The number of thioether (sulfide) groups is 1. The summed E-state index contributed by atoms with van der Waals surface area (Å²) in [5.41, 5.74) is 1.34. The molecule has 0 aliphatic rings. The molecule has 1 aromatic carbocycles. The molecule has 0 aromatic heterocycles. The van der Waals surface area contributed by atoms with Crippen molar-refractivity contribution in [2.24, 2.45) is 0 Å². The molecule has 1 rings (SSSR count). The van der Waals surface area contributed by atoms with Crippen LogP contribution in [0.3, 0.4) is 0 Å². The fourth-order valence-corrected chi connectivity index (χ4v) is 2.97. The zero-order valence-corrected chi connectivity index (χ0v) is 11.6. The van der Waals surface area contributed by atoms with Crippen LogP contribution in [0.5, 0.6) is 0 Å². The number of rotatable bonds is 6. The van der Waals surface area contributed by atoms with E-state index in [2.05, 4.69) is 15.9 Å². The van der Waals surface area contributed by atoms with Crippen LogP contribution < -0.4 is 0 Å². The second kappa shape index (κ2) is 6.97. The maximum atomic E-state index is 10.9. The molecule has 0 aliphatic carbocycles. The third-order valence-electron chi connectivity index (χ3n) is 2.23. The van der Waals surface area contributed by atoms with Crippen LogP contribution in [0.1, 0.15) is 29.3 Å². The van der Waals surface area contributed by atoms with E-state index in [9.17, 15) is 4.79 Å². The number of carboxylic acid groups (broad SMARTS) is 1. The predicted octanol–water partition coefficient (Wildman–Crippen LogP) is 3.82. The van der Waals surface area contributed by atoms with E-state index in [-0.39, 0.29) is 0 Å². The van der Waals surface area contributed by atoms with E-state index in [0.717, 1.165) is 34.4 Å². The highest BCUT2D eigenvalue weighted by Gasteiger charge is 2.09. The van der Waals surface area contributed by atoms with Crippen molar-refractivity contribution in [1.82, 2.24) is 0 Å². The molecule has 1 aromatic rings. The third kappa shape index (κ3) is 3.83. The molecular formula is C12H15BrO2S. The Hall–Kier alpha value is -0.480. The van der Waals surface area contributed by atoms with Crippen molar-refractivity contribution in [1.29, 1.82) is 0 Å². The van der Waals surface area contributed by atoms with Crippen molar-refractivity contribution in [3.8, 4) is 0 Å². The normalized spacial score (nSPS) is 10.4. The van der Waals surface area contributed by atoms with Gasteiger partial charge in [0, 0.05) is 10.2 Å². The van der Waals surface area contributed by atoms with Gasteiger partial charge in [-0.15, -0.1) is 11.8 Å². The molecule has 16 heavy (non-hydrogen) atoms. The minimum atomic E-state index is -0.839. The first-order valence-corrected chi connectivity index (χ1v) is 7.34. The lowest BCUT2D eigenvalue weighted by Gasteiger charge is -2.06. The molecule has 0 radical (unpaired) electrons. The quantitative estimate of drug-likeness (QED) is 0.493. The number of hydrogen-bond donors (Lipinski definition) is 1. The highest BCUT2D eigenvalue weighted by Crippen LogP contribution is 2.23. The smallest absolute Gasteiger partial charge is 0.335 e. The van der Waals surface area contributed by atoms with Crippen LogP contribution in [0.2, 0.25) is 0 Å². The van der Waals surface area contributed by atoms with Gasteiger partial charge in [0.25, 0.3) is 0 Å². The maximum absolute atomic E-state index is 10.9. The van der Waals surface area contributed by atoms with E-state index in [1.165, 1.54) is 0 Å². The Morgan fingerprint density at radius 3 is 2.81 bits per heavy atom. The van der Waals surface area contributed by atoms with E-state index in [1.54, 1.807) is 17.8 Å². The Morgan fingerprint density at radius 1 is 1.50 bits per heavy atom. The van der Waals surface area contributed by atoms with Crippen LogP contribution in [-0.4, -0.2) is 22.2 Å². The number of aryl methyl sites for hydroxylation is 1. The Kier molecular flexibility index (Phi) is 5.91. The van der Waals surface area contributed by atoms with Crippen LogP contribution in [0.15, 0.2) is 23.1 Å². The Balaban J connectivity index is 2.78. The van der Waals surface area contributed by atoms with E-state index in [1.807, 2.05) is 19.1 Å². The molecule has 2 nitrogen and oxygen atoms in total. The molecule has 0 saturated carbocycles. The average molecular weight is 303 g/mol. The zero-order valence-electron chi connectivity index (χ0n) is 9.20. The summed E-state index contributed by atoms with van der Waals surface area (Å²) in [6, 6.07) is 5.58. The van der Waals surface area contributed by atoms with Gasteiger partial charge >= 0.3 is 5.97 Å². The van der Waals surface area contributed by atoms with Gasteiger partial charge in [-0.1, -0.05) is 22.9 Å². The fourth-order valence-electron chi connectivity index (χ4n) is 1.41. The Labute approximate surface area is 109 Å². The topological polar surface area (TPSA) is 37.3 Å². The molecule has 0 atom stereocenters. The summed E-state index contributed by atoms with van der Waals surface area (Å²) in [6.45, 7) is 1.98. The molecule has 4 heteroatoms. The minimum absolute atomic E-state index is 0.423. The summed E-state index contributed by atoms with van der Waals surface area (Å²) in [5.74, 6) is 0.217. The molecule has 0 amide bonds. The predicted molar refractivity (Wildman–Crippen MR) is 71.9 cm³/mol. The summed E-state index contributed by atoms with van der Waals surface area (Å²) in [7, 11) is 0. The summed E-state index contributed by atoms with van der Waals surface area (Å²) in [4.78, 5) is 12.1. The second-order valence-electron chi connectivity index (χ2n) is 3.37. The highest BCUT2D eigenvalue weighted by atomic mass is 79.9. The minimum Gasteiger partial charge on any atom is -0.478 e. The second-order valence-corrected chi connectivity index (χ2v) is 5.33. The van der Waals surface area contributed by atoms with Crippen molar-refractivity contribution >= 4 is 33.7 Å². The van der Waals surface area contributed by atoms with Crippen LogP contribution >= 0.6 is 27.7 Å². The van der Waals surface area contributed by atoms with Crippen molar-refractivity contribution < 1.29 is 9.90 Å². The number of carbonyl (C=O) groups is 1. The van der Waals surface area contributed by atoms with Gasteiger partial charge in [-0.2, -0.15) is 0 Å². The fraction of sp³-hybridized carbons (Fsp3) is 0.417. The molecule has 1 N–H and O–H groups in total. The van der Waals surface area contributed by atoms with Gasteiger partial charge in [0.05, 0.1) is 5.56 Å². The largest absolute Gasteiger partial charge is 0.478 e. The van der Waals surface area contributed by atoms with Gasteiger partial charge in [-0.05, 0) is 42.4 Å². The molecule has 0 saturated heterocycles. The first kappa shape index (κ1) is 13.6. The summed E-state index contributed by atoms with van der Waals surface area (Å²) in [5, 5.41) is 10.00. The van der Waals surface area contributed by atoms with Gasteiger partial charge in [0.2, 0.25) is 0 Å². The summed E-state index contributed by atoms with van der Waals surface area (Å²) >= 11 is 5.16. The Morgan fingerprint density at radius 2 is 2.25 bits per heavy atom. The van der Waals surface area contributed by atoms with E-state index in [4.69, 9.17) is 5.11 Å². The van der Waals surface area contributed by atoms with Gasteiger partial charge in [0.1, 0.15) is 0 Å². The molecule has 0 heterocycles. The lowest BCUT2D eigenvalue weighted by atomic mass is 10.1. The summed E-state index contributed by atoms with van der Waals surface area (Å²) in [6.07, 6.45) is 1.88. The lowest BCUT2D eigenvalue weighted by molar-refractivity contribution is 0.0695. The number of alkyl halides is 1. The molecule has 0 aliphatic heterocycles. The van der Waals surface area contributed by atoms with Crippen molar-refractivity contribution in [2.75, 3.05) is 11.1 Å². The van der Waals surface area contributed by atoms with E-state index in [0.29, 0.717) is 5.56 Å². The van der Waals surface area contributed by atoms with Gasteiger partial charge in [0.15, 0.2) is 0 Å². The maximum Gasteiger partial charge on any atom is 0.335 e. The number of carboxylic acids is 1. The van der Waals surface area contributed by atoms with Crippen molar-refractivity contribution in [3.63, 3.8) is 0 Å². The molecule has 0 fully saturated rings. The van der Waals surface area contributed by atoms with Gasteiger partial charge < -0.3 is 5.11 Å². The average Bonchev–Trinajstić information content (AvgIpc) is 2.29. The zero-order chi connectivity index (χ0) is 12.0. The van der Waals surface area contributed by atoms with Crippen LogP contribution in [0.25, 0.3) is 0 Å². The van der Waals surface area contributed by atoms with E-state index < -0.39 is 5.97 Å².